The first kappa shape index (κ1) is 18.1. The second-order valence-electron chi connectivity index (χ2n) is 6.07. The highest BCUT2D eigenvalue weighted by molar-refractivity contribution is 7.18. The van der Waals surface area contributed by atoms with Gasteiger partial charge in [0.25, 0.3) is 5.56 Å². The SMILES string of the molecule is CCOC(=O)C(=Cc1cccc(C)c1)c1nc2sc(C)c(C)c2c(=O)[nH]1. The largest absolute Gasteiger partial charge is 0.462 e. The molecule has 0 bridgehead atoms. The van der Waals surface area contributed by atoms with E-state index in [1.165, 1.54) is 11.3 Å². The number of nitrogens with one attached hydrogen (secondary N) is 1. The Morgan fingerprint density at radius 3 is 2.77 bits per heavy atom. The third-order valence-corrected chi connectivity index (χ3v) is 5.24. The predicted molar refractivity (Wildman–Crippen MR) is 105 cm³/mol. The Labute approximate surface area is 155 Å². The molecule has 0 atom stereocenters. The fraction of sp³-hybridized carbons (Fsp3) is 0.250. The Morgan fingerprint density at radius 2 is 2.08 bits per heavy atom. The minimum Gasteiger partial charge on any atom is -0.462 e. The van der Waals surface area contributed by atoms with Gasteiger partial charge in [-0.15, -0.1) is 11.3 Å². The van der Waals surface area contributed by atoms with Crippen molar-refractivity contribution in [3.63, 3.8) is 0 Å². The number of rotatable bonds is 4. The van der Waals surface area contributed by atoms with E-state index in [1.807, 2.05) is 45.0 Å². The molecule has 2 aromatic heterocycles. The molecule has 134 valence electrons. The molecule has 0 aliphatic heterocycles. The van der Waals surface area contributed by atoms with Gasteiger partial charge in [0.2, 0.25) is 0 Å². The van der Waals surface area contributed by atoms with E-state index in [0.29, 0.717) is 10.2 Å². The number of ether oxygens (including phenoxy) is 1. The van der Waals surface area contributed by atoms with E-state index < -0.39 is 5.97 Å². The maximum atomic E-state index is 12.6. The topological polar surface area (TPSA) is 72.0 Å². The van der Waals surface area contributed by atoms with Crippen molar-refractivity contribution >= 4 is 39.2 Å². The van der Waals surface area contributed by atoms with E-state index in [2.05, 4.69) is 9.97 Å². The highest BCUT2D eigenvalue weighted by atomic mass is 32.1. The fourth-order valence-electron chi connectivity index (χ4n) is 2.74. The number of esters is 1. The van der Waals surface area contributed by atoms with Gasteiger partial charge in [0, 0.05) is 4.88 Å². The van der Waals surface area contributed by atoms with Crippen LogP contribution < -0.4 is 5.56 Å². The molecular formula is C20H20N2O3S. The Hall–Kier alpha value is -2.73. The maximum absolute atomic E-state index is 12.6. The van der Waals surface area contributed by atoms with Gasteiger partial charge in [-0.1, -0.05) is 29.8 Å². The van der Waals surface area contributed by atoms with E-state index in [0.717, 1.165) is 21.6 Å². The summed E-state index contributed by atoms with van der Waals surface area (Å²) in [5.74, 6) is -0.287. The predicted octanol–water partition coefficient (Wildman–Crippen LogP) is 4.01. The highest BCUT2D eigenvalue weighted by Gasteiger charge is 2.19. The van der Waals surface area contributed by atoms with Gasteiger partial charge in [0.1, 0.15) is 16.2 Å². The molecule has 2 heterocycles. The molecule has 6 heteroatoms. The first-order chi connectivity index (χ1) is 12.4. The van der Waals surface area contributed by atoms with Gasteiger partial charge in [-0.2, -0.15) is 0 Å². The van der Waals surface area contributed by atoms with Crippen LogP contribution in [0.3, 0.4) is 0 Å². The van der Waals surface area contributed by atoms with Crippen LogP contribution in [0, 0.1) is 20.8 Å². The molecule has 0 saturated carbocycles. The van der Waals surface area contributed by atoms with Crippen molar-refractivity contribution in [2.75, 3.05) is 6.61 Å². The molecule has 0 unspecified atom stereocenters. The van der Waals surface area contributed by atoms with Gasteiger partial charge in [-0.05, 0) is 44.9 Å². The number of H-pyrrole nitrogens is 1. The number of hydrogen-bond donors (Lipinski definition) is 1. The molecule has 0 fully saturated rings. The van der Waals surface area contributed by atoms with Crippen molar-refractivity contribution in [2.24, 2.45) is 0 Å². The summed E-state index contributed by atoms with van der Waals surface area (Å²) in [7, 11) is 0. The molecule has 0 saturated heterocycles. The minimum absolute atomic E-state index is 0.226. The van der Waals surface area contributed by atoms with Crippen molar-refractivity contribution in [2.45, 2.75) is 27.7 Å². The number of aryl methyl sites for hydroxylation is 3. The Kier molecular flexibility index (Phi) is 5.04. The molecule has 0 amide bonds. The van der Waals surface area contributed by atoms with Gasteiger partial charge in [-0.25, -0.2) is 9.78 Å². The molecule has 0 spiro atoms. The van der Waals surface area contributed by atoms with Crippen LogP contribution in [0.1, 0.15) is 34.3 Å². The summed E-state index contributed by atoms with van der Waals surface area (Å²) in [5.41, 5.74) is 2.83. The number of aromatic amines is 1. The van der Waals surface area contributed by atoms with Crippen molar-refractivity contribution in [3.8, 4) is 0 Å². The third kappa shape index (κ3) is 3.46. The first-order valence-corrected chi connectivity index (χ1v) is 9.18. The lowest BCUT2D eigenvalue weighted by molar-refractivity contribution is -0.136. The zero-order valence-corrected chi connectivity index (χ0v) is 16.0. The molecule has 1 N–H and O–H groups in total. The number of carbonyl (C=O) groups is 1. The van der Waals surface area contributed by atoms with Crippen molar-refractivity contribution in [1.82, 2.24) is 9.97 Å². The summed E-state index contributed by atoms with van der Waals surface area (Å²) in [6.07, 6.45) is 1.70. The van der Waals surface area contributed by atoms with Gasteiger partial charge in [-0.3, -0.25) is 4.79 Å². The zero-order chi connectivity index (χ0) is 18.8. The van der Waals surface area contributed by atoms with E-state index >= 15 is 0 Å². The molecular weight excluding hydrogens is 348 g/mol. The van der Waals surface area contributed by atoms with Gasteiger partial charge >= 0.3 is 5.97 Å². The highest BCUT2D eigenvalue weighted by Crippen LogP contribution is 2.27. The molecule has 26 heavy (non-hydrogen) atoms. The normalized spacial score (nSPS) is 11.8. The number of hydrogen-bond acceptors (Lipinski definition) is 5. The number of aromatic nitrogens is 2. The van der Waals surface area contributed by atoms with Gasteiger partial charge < -0.3 is 9.72 Å². The molecule has 0 aliphatic carbocycles. The molecule has 3 rings (SSSR count). The quantitative estimate of drug-likeness (QED) is 0.558. The molecule has 0 aliphatic rings. The van der Waals surface area contributed by atoms with Crippen LogP contribution in [0.5, 0.6) is 0 Å². The molecule has 0 radical (unpaired) electrons. The zero-order valence-electron chi connectivity index (χ0n) is 15.2. The van der Waals surface area contributed by atoms with Crippen molar-refractivity contribution in [1.29, 1.82) is 0 Å². The lowest BCUT2D eigenvalue weighted by Crippen LogP contribution is -2.15. The second-order valence-corrected chi connectivity index (χ2v) is 7.27. The van der Waals surface area contributed by atoms with E-state index in [1.54, 1.807) is 13.0 Å². The molecule has 1 aromatic carbocycles. The van der Waals surface area contributed by atoms with Crippen LogP contribution in [0.25, 0.3) is 21.9 Å². The van der Waals surface area contributed by atoms with Crippen LogP contribution in [0.2, 0.25) is 0 Å². The molecule has 5 nitrogen and oxygen atoms in total. The second kappa shape index (κ2) is 7.25. The summed E-state index contributed by atoms with van der Waals surface area (Å²) >= 11 is 1.45. The standard InChI is InChI=1S/C20H20N2O3S/c1-5-25-20(24)15(10-14-8-6-7-11(2)9-14)17-21-18(23)16-12(3)13(4)26-19(16)22-17/h6-10H,5H2,1-4H3,(H,21,22,23). The maximum Gasteiger partial charge on any atom is 0.341 e. The van der Waals surface area contributed by atoms with Crippen molar-refractivity contribution < 1.29 is 9.53 Å². The van der Waals surface area contributed by atoms with Crippen molar-refractivity contribution in [3.05, 3.63) is 62.0 Å². The van der Waals surface area contributed by atoms with Crippen LogP contribution in [-0.4, -0.2) is 22.5 Å². The fourth-order valence-corrected chi connectivity index (χ4v) is 3.77. The Bertz CT molecular complexity index is 1080. The Balaban J connectivity index is 2.20. The smallest absolute Gasteiger partial charge is 0.341 e. The first-order valence-electron chi connectivity index (χ1n) is 8.36. The monoisotopic (exact) mass is 368 g/mol. The number of nitrogens with zero attached hydrogens (tertiary/aromatic N) is 1. The number of carbonyl (C=O) groups excluding carboxylic acids is 1. The number of thiophene rings is 1. The summed E-state index contributed by atoms with van der Waals surface area (Å²) in [6, 6.07) is 7.73. The van der Waals surface area contributed by atoms with Gasteiger partial charge in [0.05, 0.1) is 12.0 Å². The summed E-state index contributed by atoms with van der Waals surface area (Å²) in [5, 5.41) is 0.579. The van der Waals surface area contributed by atoms with Crippen LogP contribution in [0.15, 0.2) is 29.1 Å². The number of fused-ring (bicyclic) bond motifs is 1. The van der Waals surface area contributed by atoms with Gasteiger partial charge in [0.15, 0.2) is 0 Å². The summed E-state index contributed by atoms with van der Waals surface area (Å²) in [4.78, 5) is 34.0. The van der Waals surface area contributed by atoms with Crippen LogP contribution >= 0.6 is 11.3 Å². The lowest BCUT2D eigenvalue weighted by atomic mass is 10.1. The Morgan fingerprint density at radius 1 is 1.31 bits per heavy atom. The average molecular weight is 368 g/mol. The summed E-state index contributed by atoms with van der Waals surface area (Å²) < 4.78 is 5.18. The molecule has 3 aromatic rings. The lowest BCUT2D eigenvalue weighted by Gasteiger charge is -2.07. The van der Waals surface area contributed by atoms with Crippen LogP contribution in [0.4, 0.5) is 0 Å². The number of benzene rings is 1. The minimum atomic E-state index is -0.512. The van der Waals surface area contributed by atoms with E-state index in [-0.39, 0.29) is 23.6 Å². The summed E-state index contributed by atoms with van der Waals surface area (Å²) in [6.45, 7) is 7.82. The van der Waals surface area contributed by atoms with E-state index in [9.17, 15) is 9.59 Å². The third-order valence-electron chi connectivity index (χ3n) is 4.14. The average Bonchev–Trinajstić information content (AvgIpc) is 2.87. The van der Waals surface area contributed by atoms with Crippen LogP contribution in [-0.2, 0) is 9.53 Å². The van der Waals surface area contributed by atoms with E-state index in [4.69, 9.17) is 4.74 Å².